The highest BCUT2D eigenvalue weighted by atomic mass is 16.3. The van der Waals surface area contributed by atoms with Gasteiger partial charge in [0, 0.05) is 21.9 Å². The third-order valence-electron chi connectivity index (χ3n) is 3.51. The van der Waals surface area contributed by atoms with Gasteiger partial charge in [-0.05, 0) is 30.4 Å². The molecule has 3 N–H and O–H groups in total. The Morgan fingerprint density at radius 1 is 0.850 bits per heavy atom. The van der Waals surface area contributed by atoms with E-state index in [4.69, 9.17) is 0 Å². The number of aliphatic hydroxyl groups is 3. The normalized spacial score (nSPS) is 17.4. The molecule has 2 aliphatic carbocycles. The SMILES string of the molecule is CC1=C(O)C(O)=c2cc3c(cc2C1=O)=CC=C(O)C3=O. The lowest BCUT2D eigenvalue weighted by Crippen LogP contribution is -2.32. The molecule has 5 heteroatoms. The van der Waals surface area contributed by atoms with Crippen LogP contribution in [0.2, 0.25) is 0 Å². The molecule has 0 aromatic heterocycles. The number of hydrogen-bond acceptors (Lipinski definition) is 5. The van der Waals surface area contributed by atoms with Crippen molar-refractivity contribution >= 4 is 23.4 Å². The van der Waals surface area contributed by atoms with Gasteiger partial charge in [0.15, 0.2) is 23.1 Å². The fourth-order valence-corrected chi connectivity index (χ4v) is 2.33. The molecular weight excluding hydrogens is 260 g/mol. The lowest BCUT2D eigenvalue weighted by atomic mass is 9.90. The van der Waals surface area contributed by atoms with Crippen molar-refractivity contribution in [3.63, 3.8) is 0 Å². The summed E-state index contributed by atoms with van der Waals surface area (Å²) in [5.74, 6) is -2.33. The van der Waals surface area contributed by atoms with E-state index >= 15 is 0 Å². The van der Waals surface area contributed by atoms with E-state index in [0.29, 0.717) is 5.22 Å². The van der Waals surface area contributed by atoms with E-state index in [1.807, 2.05) is 0 Å². The third kappa shape index (κ3) is 1.43. The zero-order chi connectivity index (χ0) is 14.6. The molecule has 2 aliphatic rings. The fourth-order valence-electron chi connectivity index (χ4n) is 2.33. The summed E-state index contributed by atoms with van der Waals surface area (Å²) in [6, 6.07) is 2.78. The van der Waals surface area contributed by atoms with Gasteiger partial charge in [-0.3, -0.25) is 9.59 Å². The number of rotatable bonds is 0. The van der Waals surface area contributed by atoms with Crippen LogP contribution < -0.4 is 10.4 Å². The van der Waals surface area contributed by atoms with Gasteiger partial charge in [0.1, 0.15) is 0 Å². The number of fused-ring (bicyclic) bond motifs is 2. The Morgan fingerprint density at radius 2 is 1.55 bits per heavy atom. The molecule has 0 amide bonds. The summed E-state index contributed by atoms with van der Waals surface area (Å²) in [6.45, 7) is 1.41. The van der Waals surface area contributed by atoms with Crippen LogP contribution >= 0.6 is 0 Å². The van der Waals surface area contributed by atoms with Crippen LogP contribution in [0.15, 0.2) is 35.3 Å². The average Bonchev–Trinajstić information content (AvgIpc) is 2.45. The van der Waals surface area contributed by atoms with E-state index < -0.39 is 28.8 Å². The molecule has 0 saturated heterocycles. The Balaban J connectivity index is 2.45. The van der Waals surface area contributed by atoms with Gasteiger partial charge in [-0.1, -0.05) is 6.08 Å². The molecule has 0 radical (unpaired) electrons. The third-order valence-corrected chi connectivity index (χ3v) is 3.51. The molecule has 0 atom stereocenters. The number of carbonyl (C=O) groups excluding carboxylic acids is 2. The second-order valence-corrected chi connectivity index (χ2v) is 4.68. The predicted molar refractivity (Wildman–Crippen MR) is 70.9 cm³/mol. The van der Waals surface area contributed by atoms with Gasteiger partial charge in [0.2, 0.25) is 5.78 Å². The van der Waals surface area contributed by atoms with Crippen molar-refractivity contribution in [3.05, 3.63) is 56.9 Å². The topological polar surface area (TPSA) is 94.8 Å². The minimum Gasteiger partial charge on any atom is -0.504 e. The summed E-state index contributed by atoms with van der Waals surface area (Å²) in [7, 11) is 0. The Kier molecular flexibility index (Phi) is 2.34. The molecule has 5 nitrogen and oxygen atoms in total. The molecule has 0 bridgehead atoms. The molecule has 100 valence electrons. The Morgan fingerprint density at radius 3 is 2.25 bits per heavy atom. The van der Waals surface area contributed by atoms with E-state index in [1.165, 1.54) is 31.2 Å². The number of aliphatic hydroxyl groups excluding tert-OH is 3. The van der Waals surface area contributed by atoms with Crippen LogP contribution in [0, 0.1) is 0 Å². The van der Waals surface area contributed by atoms with E-state index in [9.17, 15) is 24.9 Å². The summed E-state index contributed by atoms with van der Waals surface area (Å²) in [6.07, 6.45) is 2.78. The predicted octanol–water partition coefficient (Wildman–Crippen LogP) is 0.800. The number of benzene rings is 1. The van der Waals surface area contributed by atoms with Crippen LogP contribution in [-0.2, 0) is 0 Å². The van der Waals surface area contributed by atoms with Gasteiger partial charge < -0.3 is 15.3 Å². The Hall–Kier alpha value is -2.82. The minimum atomic E-state index is -0.587. The smallest absolute Gasteiger partial charge is 0.227 e. The molecule has 20 heavy (non-hydrogen) atoms. The van der Waals surface area contributed by atoms with Gasteiger partial charge in [-0.15, -0.1) is 0 Å². The maximum Gasteiger partial charge on any atom is 0.227 e. The fraction of sp³-hybridized carbons (Fsp3) is 0.0667. The van der Waals surface area contributed by atoms with E-state index in [-0.39, 0.29) is 21.9 Å². The van der Waals surface area contributed by atoms with Crippen molar-refractivity contribution in [2.75, 3.05) is 0 Å². The van der Waals surface area contributed by atoms with Crippen molar-refractivity contribution < 1.29 is 24.9 Å². The van der Waals surface area contributed by atoms with Gasteiger partial charge in [-0.2, -0.15) is 0 Å². The van der Waals surface area contributed by atoms with Gasteiger partial charge >= 0.3 is 0 Å². The van der Waals surface area contributed by atoms with Crippen molar-refractivity contribution in [1.82, 2.24) is 0 Å². The number of allylic oxidation sites excluding steroid dienone is 3. The summed E-state index contributed by atoms with van der Waals surface area (Å²) in [5, 5.41) is 29.6. The number of hydrogen-bond donors (Lipinski definition) is 3. The van der Waals surface area contributed by atoms with Gasteiger partial charge in [-0.25, -0.2) is 0 Å². The maximum absolute atomic E-state index is 12.1. The second kappa shape index (κ2) is 3.84. The molecule has 1 aromatic rings. The first-order chi connectivity index (χ1) is 9.41. The van der Waals surface area contributed by atoms with E-state index in [1.54, 1.807) is 0 Å². The highest BCUT2D eigenvalue weighted by Crippen LogP contribution is 2.19. The first kappa shape index (κ1) is 12.2. The maximum atomic E-state index is 12.1. The van der Waals surface area contributed by atoms with Crippen molar-refractivity contribution in [1.29, 1.82) is 0 Å². The molecule has 0 spiro atoms. The summed E-state index contributed by atoms with van der Waals surface area (Å²) < 4.78 is 0. The molecule has 3 rings (SSSR count). The molecule has 0 aliphatic heterocycles. The zero-order valence-electron chi connectivity index (χ0n) is 10.5. The summed E-state index contributed by atoms with van der Waals surface area (Å²) in [5.41, 5.74) is 0.446. The van der Waals surface area contributed by atoms with Crippen molar-refractivity contribution in [2.24, 2.45) is 0 Å². The first-order valence-electron chi connectivity index (χ1n) is 5.89. The highest BCUT2D eigenvalue weighted by molar-refractivity contribution is 6.14. The Bertz CT molecular complexity index is 868. The van der Waals surface area contributed by atoms with Gasteiger partial charge in [0.25, 0.3) is 0 Å². The van der Waals surface area contributed by atoms with Gasteiger partial charge in [0.05, 0.1) is 0 Å². The minimum absolute atomic E-state index is 0.0514. The standard InChI is InChI=1S/C15H10O5/c1-6-12(17)9-4-7-2-3-11(16)14(19)8(7)5-10(9)15(20)13(6)18/h2-5,16,18,20H,1H3. The summed E-state index contributed by atoms with van der Waals surface area (Å²) in [4.78, 5) is 23.9. The lowest BCUT2D eigenvalue weighted by Gasteiger charge is -2.15. The molecular formula is C15H10O5. The highest BCUT2D eigenvalue weighted by Gasteiger charge is 2.26. The molecule has 0 fully saturated rings. The van der Waals surface area contributed by atoms with Crippen LogP contribution in [0.5, 0.6) is 0 Å². The van der Waals surface area contributed by atoms with Crippen LogP contribution in [-0.4, -0.2) is 26.9 Å². The number of carbonyl (C=O) groups is 2. The van der Waals surface area contributed by atoms with Crippen LogP contribution in [0.25, 0.3) is 11.8 Å². The largest absolute Gasteiger partial charge is 0.504 e. The zero-order valence-corrected chi connectivity index (χ0v) is 10.5. The monoisotopic (exact) mass is 270 g/mol. The first-order valence-corrected chi connectivity index (χ1v) is 5.89. The number of ketones is 2. The number of Topliss-reactive ketones (excluding diaryl/α,β-unsaturated/α-hetero) is 2. The molecule has 0 unspecified atom stereocenters. The van der Waals surface area contributed by atoms with Crippen molar-refractivity contribution in [2.45, 2.75) is 6.92 Å². The molecule has 0 heterocycles. The van der Waals surface area contributed by atoms with Crippen molar-refractivity contribution in [3.8, 4) is 0 Å². The quantitative estimate of drug-likeness (QED) is 0.648. The average molecular weight is 270 g/mol. The van der Waals surface area contributed by atoms with E-state index in [0.717, 1.165) is 0 Å². The molecule has 1 aromatic carbocycles. The summed E-state index contributed by atoms with van der Waals surface area (Å²) >= 11 is 0. The lowest BCUT2D eigenvalue weighted by molar-refractivity contribution is 0.0973. The van der Waals surface area contributed by atoms with Crippen LogP contribution in [0.3, 0.4) is 0 Å². The van der Waals surface area contributed by atoms with E-state index in [2.05, 4.69) is 0 Å². The van der Waals surface area contributed by atoms with Crippen LogP contribution in [0.4, 0.5) is 0 Å². The molecule has 0 saturated carbocycles. The van der Waals surface area contributed by atoms with Crippen LogP contribution in [0.1, 0.15) is 27.6 Å². The Labute approximate surface area is 113 Å². The second-order valence-electron chi connectivity index (χ2n) is 4.68.